The van der Waals surface area contributed by atoms with Gasteiger partial charge in [0, 0.05) is 23.4 Å². The van der Waals surface area contributed by atoms with E-state index in [9.17, 15) is 4.79 Å². The SMILES string of the molecule is Cc1noc(C(C)C)c1C(=O)Nc1cccc(C#Cc2ccccn2)c1. The fourth-order valence-electron chi connectivity index (χ4n) is 2.50. The number of nitrogens with one attached hydrogen (secondary N) is 1. The van der Waals surface area contributed by atoms with Crippen LogP contribution in [0.2, 0.25) is 0 Å². The van der Waals surface area contributed by atoms with Gasteiger partial charge in [-0.3, -0.25) is 4.79 Å². The van der Waals surface area contributed by atoms with Crippen molar-refractivity contribution in [1.82, 2.24) is 10.1 Å². The van der Waals surface area contributed by atoms with Gasteiger partial charge in [0.2, 0.25) is 0 Å². The maximum atomic E-state index is 12.7. The largest absolute Gasteiger partial charge is 0.360 e. The number of carbonyl (C=O) groups is 1. The second kappa shape index (κ2) is 7.66. The van der Waals surface area contributed by atoms with Gasteiger partial charge in [0.15, 0.2) is 5.76 Å². The molecule has 3 rings (SSSR count). The van der Waals surface area contributed by atoms with Crippen LogP contribution < -0.4 is 5.32 Å². The van der Waals surface area contributed by atoms with Gasteiger partial charge in [-0.05, 0) is 43.2 Å². The molecular weight excluding hydrogens is 326 g/mol. The first-order chi connectivity index (χ1) is 12.5. The Morgan fingerprint density at radius 1 is 1.15 bits per heavy atom. The molecule has 1 amide bonds. The third-order valence-electron chi connectivity index (χ3n) is 3.76. The van der Waals surface area contributed by atoms with E-state index in [-0.39, 0.29) is 11.8 Å². The molecule has 1 aromatic carbocycles. The number of rotatable bonds is 3. The van der Waals surface area contributed by atoms with E-state index in [1.807, 2.05) is 56.3 Å². The molecule has 0 spiro atoms. The van der Waals surface area contributed by atoms with Gasteiger partial charge in [-0.1, -0.05) is 37.1 Å². The summed E-state index contributed by atoms with van der Waals surface area (Å²) in [5.74, 6) is 6.49. The molecule has 2 heterocycles. The zero-order valence-electron chi connectivity index (χ0n) is 14.9. The molecule has 5 heteroatoms. The van der Waals surface area contributed by atoms with Gasteiger partial charge in [0.05, 0.1) is 5.69 Å². The van der Waals surface area contributed by atoms with E-state index >= 15 is 0 Å². The van der Waals surface area contributed by atoms with Crippen LogP contribution in [0.15, 0.2) is 53.2 Å². The lowest BCUT2D eigenvalue weighted by atomic mass is 10.0. The molecule has 0 saturated heterocycles. The predicted molar refractivity (Wildman–Crippen MR) is 99.9 cm³/mol. The van der Waals surface area contributed by atoms with E-state index in [1.165, 1.54) is 0 Å². The third-order valence-corrected chi connectivity index (χ3v) is 3.76. The Balaban J connectivity index is 1.81. The highest BCUT2D eigenvalue weighted by molar-refractivity contribution is 6.05. The molecule has 0 atom stereocenters. The summed E-state index contributed by atoms with van der Waals surface area (Å²) in [4.78, 5) is 16.8. The highest BCUT2D eigenvalue weighted by Gasteiger charge is 2.22. The molecule has 0 aliphatic heterocycles. The standard InChI is InChI=1S/C21H19N3O2/c1-14(2)20-19(15(3)24-26-20)21(25)23-18-9-6-7-16(13-18)10-11-17-8-4-5-12-22-17/h4-9,12-14H,1-3H3,(H,23,25). The summed E-state index contributed by atoms with van der Waals surface area (Å²) < 4.78 is 5.29. The molecular formula is C21H19N3O2. The summed E-state index contributed by atoms with van der Waals surface area (Å²) in [6.45, 7) is 5.69. The van der Waals surface area contributed by atoms with E-state index in [1.54, 1.807) is 13.1 Å². The number of aryl methyl sites for hydroxylation is 1. The third kappa shape index (κ3) is 3.98. The molecule has 130 valence electrons. The van der Waals surface area contributed by atoms with Gasteiger partial charge in [0.25, 0.3) is 5.91 Å². The molecule has 0 aliphatic carbocycles. The summed E-state index contributed by atoms with van der Waals surface area (Å²) in [5, 5.41) is 6.81. The van der Waals surface area contributed by atoms with Crippen LogP contribution in [0.25, 0.3) is 0 Å². The summed E-state index contributed by atoms with van der Waals surface area (Å²) in [6, 6.07) is 13.0. The van der Waals surface area contributed by atoms with Crippen molar-refractivity contribution in [3.05, 3.63) is 76.9 Å². The van der Waals surface area contributed by atoms with E-state index in [0.29, 0.717) is 28.4 Å². The highest BCUT2D eigenvalue weighted by Crippen LogP contribution is 2.23. The minimum Gasteiger partial charge on any atom is -0.360 e. The number of pyridine rings is 1. The number of anilines is 1. The van der Waals surface area contributed by atoms with E-state index < -0.39 is 0 Å². The average Bonchev–Trinajstić information content (AvgIpc) is 3.03. The first kappa shape index (κ1) is 17.4. The Kier molecular flexibility index (Phi) is 5.14. The Labute approximate surface area is 152 Å². The Morgan fingerprint density at radius 3 is 2.73 bits per heavy atom. The van der Waals surface area contributed by atoms with Crippen molar-refractivity contribution in [1.29, 1.82) is 0 Å². The molecule has 0 aliphatic rings. The summed E-state index contributed by atoms with van der Waals surface area (Å²) in [5.41, 5.74) is 3.23. The van der Waals surface area contributed by atoms with Crippen LogP contribution in [-0.2, 0) is 0 Å². The van der Waals surface area contributed by atoms with Crippen LogP contribution in [0.4, 0.5) is 5.69 Å². The first-order valence-corrected chi connectivity index (χ1v) is 8.35. The summed E-state index contributed by atoms with van der Waals surface area (Å²) in [7, 11) is 0. The fraction of sp³-hybridized carbons (Fsp3) is 0.190. The van der Waals surface area contributed by atoms with Crippen molar-refractivity contribution in [2.45, 2.75) is 26.7 Å². The van der Waals surface area contributed by atoms with Crippen LogP contribution in [0, 0.1) is 18.8 Å². The predicted octanol–water partition coefficient (Wildman–Crippen LogP) is 4.15. The quantitative estimate of drug-likeness (QED) is 0.724. The van der Waals surface area contributed by atoms with Crippen LogP contribution in [-0.4, -0.2) is 16.0 Å². The number of amides is 1. The summed E-state index contributed by atoms with van der Waals surface area (Å²) in [6.07, 6.45) is 1.70. The van der Waals surface area contributed by atoms with Crippen LogP contribution >= 0.6 is 0 Å². The molecule has 0 unspecified atom stereocenters. The van der Waals surface area contributed by atoms with Gasteiger partial charge < -0.3 is 9.84 Å². The normalized spacial score (nSPS) is 10.3. The lowest BCUT2D eigenvalue weighted by molar-refractivity contribution is 0.102. The first-order valence-electron chi connectivity index (χ1n) is 8.35. The van der Waals surface area contributed by atoms with Gasteiger partial charge in [0.1, 0.15) is 11.3 Å². The summed E-state index contributed by atoms with van der Waals surface area (Å²) >= 11 is 0. The minimum absolute atomic E-state index is 0.0764. The van der Waals surface area contributed by atoms with Crippen LogP contribution in [0.1, 0.15) is 52.8 Å². The van der Waals surface area contributed by atoms with Gasteiger partial charge in [-0.15, -0.1) is 0 Å². The number of benzene rings is 1. The van der Waals surface area contributed by atoms with E-state index in [2.05, 4.69) is 27.3 Å². The molecule has 0 saturated carbocycles. The van der Waals surface area contributed by atoms with Crippen molar-refractivity contribution in [3.8, 4) is 11.8 Å². The van der Waals surface area contributed by atoms with E-state index in [4.69, 9.17) is 4.52 Å². The molecule has 5 nitrogen and oxygen atoms in total. The van der Waals surface area contributed by atoms with Gasteiger partial charge >= 0.3 is 0 Å². The van der Waals surface area contributed by atoms with Crippen LogP contribution in [0.5, 0.6) is 0 Å². The van der Waals surface area contributed by atoms with Crippen molar-refractivity contribution in [3.63, 3.8) is 0 Å². The average molecular weight is 345 g/mol. The second-order valence-electron chi connectivity index (χ2n) is 6.16. The number of aromatic nitrogens is 2. The topological polar surface area (TPSA) is 68.0 Å². The lowest BCUT2D eigenvalue weighted by Gasteiger charge is -2.07. The number of carbonyl (C=O) groups excluding carboxylic acids is 1. The molecule has 2 aromatic heterocycles. The molecule has 1 N–H and O–H groups in total. The van der Waals surface area contributed by atoms with E-state index in [0.717, 1.165) is 5.56 Å². The molecule has 26 heavy (non-hydrogen) atoms. The zero-order valence-corrected chi connectivity index (χ0v) is 14.9. The Bertz CT molecular complexity index is 979. The van der Waals surface area contributed by atoms with Crippen molar-refractivity contribution in [2.75, 3.05) is 5.32 Å². The maximum absolute atomic E-state index is 12.7. The smallest absolute Gasteiger partial charge is 0.261 e. The lowest BCUT2D eigenvalue weighted by Crippen LogP contribution is -2.14. The van der Waals surface area contributed by atoms with Crippen LogP contribution in [0.3, 0.4) is 0 Å². The van der Waals surface area contributed by atoms with Crippen molar-refractivity contribution >= 4 is 11.6 Å². The second-order valence-corrected chi connectivity index (χ2v) is 6.16. The van der Waals surface area contributed by atoms with Crippen molar-refractivity contribution < 1.29 is 9.32 Å². The molecule has 0 bridgehead atoms. The molecule has 0 fully saturated rings. The zero-order chi connectivity index (χ0) is 18.5. The number of nitrogens with zero attached hydrogens (tertiary/aromatic N) is 2. The Hall–Kier alpha value is -3.39. The number of hydrogen-bond donors (Lipinski definition) is 1. The minimum atomic E-state index is -0.234. The molecule has 3 aromatic rings. The number of hydrogen-bond acceptors (Lipinski definition) is 4. The Morgan fingerprint density at radius 2 is 2.00 bits per heavy atom. The van der Waals surface area contributed by atoms with Crippen molar-refractivity contribution in [2.24, 2.45) is 0 Å². The van der Waals surface area contributed by atoms with Gasteiger partial charge in [-0.25, -0.2) is 4.98 Å². The van der Waals surface area contributed by atoms with Gasteiger partial charge in [-0.2, -0.15) is 0 Å². The maximum Gasteiger partial charge on any atom is 0.261 e. The fourth-order valence-corrected chi connectivity index (χ4v) is 2.50. The monoisotopic (exact) mass is 345 g/mol. The highest BCUT2D eigenvalue weighted by atomic mass is 16.5. The molecule has 0 radical (unpaired) electrons.